The van der Waals surface area contributed by atoms with E-state index in [1.165, 1.54) is 24.3 Å². The summed E-state index contributed by atoms with van der Waals surface area (Å²) in [6, 6.07) is 10.9. The first-order chi connectivity index (χ1) is 11.9. The number of nitriles is 1. The largest absolute Gasteiger partial charge is 0.416 e. The summed E-state index contributed by atoms with van der Waals surface area (Å²) in [7, 11) is 0. The highest BCUT2D eigenvalue weighted by atomic mass is 19.4. The Bertz CT molecular complexity index is 796. The quantitative estimate of drug-likeness (QED) is 0.758. The predicted molar refractivity (Wildman–Crippen MR) is 83.5 cm³/mol. The molecule has 0 N–H and O–H groups in total. The third-order valence-electron chi connectivity index (χ3n) is 4.09. The summed E-state index contributed by atoms with van der Waals surface area (Å²) in [6.45, 7) is 1.10. The maximum atomic E-state index is 14.2. The second-order valence-electron chi connectivity index (χ2n) is 5.70. The maximum Gasteiger partial charge on any atom is 0.416 e. The van der Waals surface area contributed by atoms with Gasteiger partial charge in [0.05, 0.1) is 29.5 Å². The molecular weight excluding hydrogens is 336 g/mol. The van der Waals surface area contributed by atoms with Crippen molar-refractivity contribution in [2.45, 2.75) is 12.3 Å². The van der Waals surface area contributed by atoms with Gasteiger partial charge in [0.15, 0.2) is 0 Å². The van der Waals surface area contributed by atoms with Gasteiger partial charge in [0, 0.05) is 13.1 Å². The van der Waals surface area contributed by atoms with Gasteiger partial charge in [0.2, 0.25) is 0 Å². The first-order valence-corrected chi connectivity index (χ1v) is 7.62. The van der Waals surface area contributed by atoms with Crippen LogP contribution in [0.3, 0.4) is 0 Å². The Morgan fingerprint density at radius 2 is 1.84 bits per heavy atom. The van der Waals surface area contributed by atoms with Crippen molar-refractivity contribution in [1.29, 1.82) is 5.26 Å². The molecule has 1 unspecified atom stereocenters. The van der Waals surface area contributed by atoms with Gasteiger partial charge in [-0.05, 0) is 35.9 Å². The van der Waals surface area contributed by atoms with Crippen LogP contribution in [0.25, 0.3) is 0 Å². The molecule has 7 heteroatoms. The first kappa shape index (κ1) is 17.2. The summed E-state index contributed by atoms with van der Waals surface area (Å²) in [6.07, 6.45) is -4.84. The molecule has 3 nitrogen and oxygen atoms in total. The Balaban J connectivity index is 1.78. The number of anilines is 1. The van der Waals surface area contributed by atoms with Crippen LogP contribution < -0.4 is 4.90 Å². The van der Waals surface area contributed by atoms with Gasteiger partial charge in [-0.3, -0.25) is 0 Å². The highest BCUT2D eigenvalue weighted by molar-refractivity contribution is 5.51. The molecule has 2 aromatic carbocycles. The zero-order valence-electron chi connectivity index (χ0n) is 13.1. The molecule has 0 aliphatic carbocycles. The molecule has 0 aromatic heterocycles. The molecule has 25 heavy (non-hydrogen) atoms. The van der Waals surface area contributed by atoms with E-state index in [0.29, 0.717) is 30.9 Å². The lowest BCUT2D eigenvalue weighted by atomic mass is 10.0. The summed E-state index contributed by atoms with van der Waals surface area (Å²) in [5, 5.41) is 8.80. The summed E-state index contributed by atoms with van der Waals surface area (Å²) in [5.74, 6) is -0.507. The number of rotatable bonds is 2. The van der Waals surface area contributed by atoms with Gasteiger partial charge in [-0.1, -0.05) is 12.1 Å². The van der Waals surface area contributed by atoms with Gasteiger partial charge in [-0.15, -0.1) is 0 Å². The van der Waals surface area contributed by atoms with Gasteiger partial charge in [0.1, 0.15) is 11.9 Å². The number of alkyl halides is 3. The Hall–Kier alpha value is -2.59. The predicted octanol–water partition coefficient (Wildman–Crippen LogP) is 4.29. The van der Waals surface area contributed by atoms with Gasteiger partial charge >= 0.3 is 6.18 Å². The molecule has 1 fully saturated rings. The number of hydrogen-bond donors (Lipinski definition) is 0. The number of ether oxygens (including phenoxy) is 1. The Labute approximate surface area is 142 Å². The fraction of sp³-hybridized carbons (Fsp3) is 0.278. The minimum atomic E-state index is -4.39. The van der Waals surface area contributed by atoms with Crippen molar-refractivity contribution < 1.29 is 22.3 Å². The van der Waals surface area contributed by atoms with Crippen molar-refractivity contribution in [3.05, 3.63) is 65.0 Å². The van der Waals surface area contributed by atoms with Crippen LogP contribution in [0.5, 0.6) is 0 Å². The monoisotopic (exact) mass is 350 g/mol. The number of morpholine rings is 1. The molecule has 3 rings (SSSR count). The molecule has 0 spiro atoms. The average molecular weight is 350 g/mol. The van der Waals surface area contributed by atoms with Crippen LogP contribution in [0.2, 0.25) is 0 Å². The third kappa shape index (κ3) is 3.74. The fourth-order valence-corrected chi connectivity index (χ4v) is 2.79. The molecule has 0 amide bonds. The standard InChI is InChI=1S/C18H14F4N2O/c19-15-9-12(10-23)1-6-16(15)24-7-8-25-17(11-24)13-2-4-14(5-3-13)18(20,21)22/h1-6,9,17H,7-8,11H2. The molecule has 1 heterocycles. The van der Waals surface area contributed by atoms with Gasteiger partial charge in [-0.25, -0.2) is 4.39 Å². The van der Waals surface area contributed by atoms with Crippen LogP contribution in [-0.4, -0.2) is 19.7 Å². The molecule has 130 valence electrons. The Kier molecular flexibility index (Phi) is 4.64. The molecule has 1 saturated heterocycles. The molecule has 0 radical (unpaired) electrons. The zero-order chi connectivity index (χ0) is 18.0. The van der Waals surface area contributed by atoms with Crippen molar-refractivity contribution >= 4 is 5.69 Å². The van der Waals surface area contributed by atoms with Crippen molar-refractivity contribution in [2.24, 2.45) is 0 Å². The first-order valence-electron chi connectivity index (χ1n) is 7.62. The lowest BCUT2D eigenvalue weighted by molar-refractivity contribution is -0.137. The smallest absolute Gasteiger partial charge is 0.370 e. The summed E-state index contributed by atoms with van der Waals surface area (Å²) in [5.41, 5.74) is 0.460. The Morgan fingerprint density at radius 1 is 1.12 bits per heavy atom. The highest BCUT2D eigenvalue weighted by Crippen LogP contribution is 2.32. The van der Waals surface area contributed by atoms with E-state index >= 15 is 0 Å². The molecule has 2 aromatic rings. The second kappa shape index (κ2) is 6.73. The van der Waals surface area contributed by atoms with E-state index in [2.05, 4.69) is 0 Å². The lowest BCUT2D eigenvalue weighted by Crippen LogP contribution is -2.38. The SMILES string of the molecule is N#Cc1ccc(N2CCOC(c3ccc(C(F)(F)F)cc3)C2)c(F)c1. The van der Waals surface area contributed by atoms with E-state index in [9.17, 15) is 17.6 Å². The van der Waals surface area contributed by atoms with Crippen molar-refractivity contribution in [3.8, 4) is 6.07 Å². The van der Waals surface area contributed by atoms with E-state index in [0.717, 1.165) is 18.2 Å². The number of hydrogen-bond acceptors (Lipinski definition) is 3. The van der Waals surface area contributed by atoms with E-state index in [1.54, 1.807) is 4.90 Å². The minimum absolute atomic E-state index is 0.230. The van der Waals surface area contributed by atoms with Crippen LogP contribution in [0.1, 0.15) is 22.8 Å². The highest BCUT2D eigenvalue weighted by Gasteiger charge is 2.31. The van der Waals surface area contributed by atoms with E-state index in [4.69, 9.17) is 10.00 Å². The van der Waals surface area contributed by atoms with E-state index in [1.807, 2.05) is 6.07 Å². The molecule has 0 bridgehead atoms. The van der Waals surface area contributed by atoms with E-state index < -0.39 is 23.7 Å². The van der Waals surface area contributed by atoms with Crippen LogP contribution in [0.15, 0.2) is 42.5 Å². The zero-order valence-corrected chi connectivity index (χ0v) is 13.1. The van der Waals surface area contributed by atoms with Crippen LogP contribution >= 0.6 is 0 Å². The van der Waals surface area contributed by atoms with Gasteiger partial charge in [0.25, 0.3) is 0 Å². The van der Waals surface area contributed by atoms with Crippen molar-refractivity contribution in [3.63, 3.8) is 0 Å². The van der Waals surface area contributed by atoms with E-state index in [-0.39, 0.29) is 5.56 Å². The maximum absolute atomic E-state index is 14.2. The molecule has 1 aliphatic heterocycles. The van der Waals surface area contributed by atoms with Gasteiger partial charge < -0.3 is 9.64 Å². The van der Waals surface area contributed by atoms with Gasteiger partial charge in [-0.2, -0.15) is 18.4 Å². The second-order valence-corrected chi connectivity index (χ2v) is 5.70. The topological polar surface area (TPSA) is 36.3 Å². The van der Waals surface area contributed by atoms with Crippen molar-refractivity contribution in [2.75, 3.05) is 24.6 Å². The van der Waals surface area contributed by atoms with Crippen molar-refractivity contribution in [1.82, 2.24) is 0 Å². The summed E-state index contributed by atoms with van der Waals surface area (Å²) in [4.78, 5) is 1.77. The normalized spacial score (nSPS) is 18.0. The van der Waals surface area contributed by atoms with Crippen LogP contribution in [0.4, 0.5) is 23.2 Å². The van der Waals surface area contributed by atoms with Crippen LogP contribution in [0, 0.1) is 17.1 Å². The summed E-state index contributed by atoms with van der Waals surface area (Å²) >= 11 is 0. The molecule has 0 saturated carbocycles. The molecule has 1 atom stereocenters. The summed E-state index contributed by atoms with van der Waals surface area (Å²) < 4.78 is 57.7. The average Bonchev–Trinajstić information content (AvgIpc) is 2.61. The minimum Gasteiger partial charge on any atom is -0.370 e. The third-order valence-corrected chi connectivity index (χ3v) is 4.09. The lowest BCUT2D eigenvalue weighted by Gasteiger charge is -2.35. The fourth-order valence-electron chi connectivity index (χ4n) is 2.79. The number of benzene rings is 2. The number of nitrogens with zero attached hydrogens (tertiary/aromatic N) is 2. The molecular formula is C18H14F4N2O. The Morgan fingerprint density at radius 3 is 2.44 bits per heavy atom. The van der Waals surface area contributed by atoms with Crippen LogP contribution in [-0.2, 0) is 10.9 Å². The number of halogens is 4. The molecule has 1 aliphatic rings.